The molecule has 7 heteroatoms. The van der Waals surface area contributed by atoms with Crippen molar-refractivity contribution in [2.45, 2.75) is 33.6 Å². The first-order valence-electron chi connectivity index (χ1n) is 7.00. The second kappa shape index (κ2) is 9.67. The molecule has 1 rings (SSSR count). The molecule has 1 amide bonds. The molecule has 0 fully saturated rings. The van der Waals surface area contributed by atoms with Gasteiger partial charge in [-0.05, 0) is 69.7 Å². The van der Waals surface area contributed by atoms with Gasteiger partial charge in [0.15, 0.2) is 0 Å². The number of carbonyl (C=O) groups excluding carboxylic acids is 1. The minimum atomic E-state index is -0.175. The van der Waals surface area contributed by atoms with Crippen LogP contribution in [0.4, 0.5) is 5.69 Å². The van der Waals surface area contributed by atoms with Crippen LogP contribution in [-0.4, -0.2) is 18.2 Å². The monoisotopic (exact) mass is 495 g/mol. The first-order valence-corrected chi connectivity index (χ1v) is 9.38. The molecule has 0 aromatic heterocycles. The van der Waals surface area contributed by atoms with Gasteiger partial charge in [0.1, 0.15) is 0 Å². The van der Waals surface area contributed by atoms with Gasteiger partial charge in [-0.15, -0.1) is 0 Å². The Balaban J connectivity index is 2.48. The third-order valence-electron chi connectivity index (χ3n) is 2.89. The third-order valence-corrected chi connectivity index (χ3v) is 4.60. The molecular formula is C15H20Br3N3O. The molecule has 0 saturated heterocycles. The van der Waals surface area contributed by atoms with E-state index >= 15 is 0 Å². The summed E-state index contributed by atoms with van der Waals surface area (Å²) in [5.74, 6) is 0.459. The lowest BCUT2D eigenvalue weighted by Gasteiger charge is -2.11. The van der Waals surface area contributed by atoms with Gasteiger partial charge in [0.2, 0.25) is 0 Å². The van der Waals surface area contributed by atoms with Crippen molar-refractivity contribution >= 4 is 65.1 Å². The Morgan fingerprint density at radius 2 is 1.82 bits per heavy atom. The second-order valence-electron chi connectivity index (χ2n) is 5.41. The maximum atomic E-state index is 11.8. The van der Waals surface area contributed by atoms with Gasteiger partial charge in [0.05, 0.1) is 12.2 Å². The molecule has 4 nitrogen and oxygen atoms in total. The van der Waals surface area contributed by atoms with Crippen LogP contribution in [0.5, 0.6) is 0 Å². The van der Waals surface area contributed by atoms with E-state index in [1.807, 2.05) is 19.1 Å². The molecule has 0 atom stereocenters. The highest BCUT2D eigenvalue weighted by atomic mass is 79.9. The molecule has 0 spiro atoms. The number of amides is 1. The van der Waals surface area contributed by atoms with E-state index < -0.39 is 0 Å². The summed E-state index contributed by atoms with van der Waals surface area (Å²) in [5, 5.41) is 7.20. The summed E-state index contributed by atoms with van der Waals surface area (Å²) < 4.78 is 2.70. The fraction of sp³-hybridized carbons (Fsp3) is 0.467. The zero-order chi connectivity index (χ0) is 16.7. The van der Waals surface area contributed by atoms with Crippen LogP contribution in [0.2, 0.25) is 0 Å². The van der Waals surface area contributed by atoms with Gasteiger partial charge in [-0.3, -0.25) is 4.79 Å². The first-order chi connectivity index (χ1) is 10.3. The lowest BCUT2D eigenvalue weighted by atomic mass is 10.1. The van der Waals surface area contributed by atoms with Crippen LogP contribution in [0, 0.1) is 5.92 Å². The number of nitrogens with zero attached hydrogens (tertiary/aromatic N) is 1. The molecule has 1 aromatic rings. The summed E-state index contributed by atoms with van der Waals surface area (Å²) >= 11 is 10.3. The van der Waals surface area contributed by atoms with Gasteiger partial charge in [0.25, 0.3) is 5.91 Å². The Morgan fingerprint density at radius 3 is 2.36 bits per heavy atom. The molecule has 0 radical (unpaired) electrons. The summed E-state index contributed by atoms with van der Waals surface area (Å²) in [5.41, 5.74) is 4.34. The first kappa shape index (κ1) is 19.6. The van der Waals surface area contributed by atoms with Crippen LogP contribution in [0.25, 0.3) is 0 Å². The van der Waals surface area contributed by atoms with Crippen molar-refractivity contribution < 1.29 is 4.79 Å². The Bertz CT molecular complexity index is 536. The molecule has 0 unspecified atom stereocenters. The van der Waals surface area contributed by atoms with Gasteiger partial charge in [-0.25, -0.2) is 5.43 Å². The van der Waals surface area contributed by atoms with Gasteiger partial charge < -0.3 is 5.32 Å². The molecule has 0 saturated carbocycles. The van der Waals surface area contributed by atoms with Gasteiger partial charge >= 0.3 is 0 Å². The van der Waals surface area contributed by atoms with Gasteiger partial charge in [-0.1, -0.05) is 29.8 Å². The molecule has 0 aliphatic rings. The molecule has 0 aliphatic heterocycles. The lowest BCUT2D eigenvalue weighted by Crippen LogP contribution is -2.26. The molecule has 0 bridgehead atoms. The van der Waals surface area contributed by atoms with E-state index in [0.717, 1.165) is 37.7 Å². The van der Waals surface area contributed by atoms with Crippen LogP contribution < -0.4 is 10.7 Å². The molecule has 0 aliphatic carbocycles. The molecule has 2 N–H and O–H groups in total. The number of hydrogen-bond donors (Lipinski definition) is 2. The van der Waals surface area contributed by atoms with E-state index in [4.69, 9.17) is 0 Å². The van der Waals surface area contributed by atoms with E-state index in [-0.39, 0.29) is 12.5 Å². The van der Waals surface area contributed by atoms with E-state index in [2.05, 4.69) is 77.5 Å². The predicted molar refractivity (Wildman–Crippen MR) is 103 cm³/mol. The van der Waals surface area contributed by atoms with Crippen molar-refractivity contribution in [1.82, 2.24) is 5.43 Å². The molecule has 122 valence electrons. The Kier molecular flexibility index (Phi) is 8.64. The average Bonchev–Trinajstić information content (AvgIpc) is 2.41. The molecular weight excluding hydrogens is 478 g/mol. The topological polar surface area (TPSA) is 53.5 Å². The van der Waals surface area contributed by atoms with E-state index in [0.29, 0.717) is 5.92 Å². The number of anilines is 1. The Hall–Kier alpha value is -0.400. The minimum Gasteiger partial charge on any atom is -0.374 e. The van der Waals surface area contributed by atoms with Crippen molar-refractivity contribution in [1.29, 1.82) is 0 Å². The summed E-state index contributed by atoms with van der Waals surface area (Å²) in [6, 6.07) is 3.83. The normalized spacial score (nSPS) is 11.7. The summed E-state index contributed by atoms with van der Waals surface area (Å²) in [6.45, 7) is 6.42. The highest BCUT2D eigenvalue weighted by Crippen LogP contribution is 2.34. The third kappa shape index (κ3) is 7.24. The number of carbonyl (C=O) groups is 1. The van der Waals surface area contributed by atoms with Crippen molar-refractivity contribution in [3.05, 3.63) is 25.6 Å². The number of halogens is 3. The summed E-state index contributed by atoms with van der Waals surface area (Å²) in [4.78, 5) is 11.8. The predicted octanol–water partition coefficient (Wildman–Crippen LogP) is 5.31. The Labute approximate surface area is 156 Å². The van der Waals surface area contributed by atoms with Crippen molar-refractivity contribution in [3.8, 4) is 0 Å². The van der Waals surface area contributed by atoms with Gasteiger partial charge in [-0.2, -0.15) is 5.10 Å². The lowest BCUT2D eigenvalue weighted by molar-refractivity contribution is -0.119. The average molecular weight is 498 g/mol. The zero-order valence-electron chi connectivity index (χ0n) is 12.8. The highest BCUT2D eigenvalue weighted by molar-refractivity contribution is 9.11. The van der Waals surface area contributed by atoms with E-state index in [1.54, 1.807) is 0 Å². The van der Waals surface area contributed by atoms with Crippen LogP contribution in [0.1, 0.15) is 33.6 Å². The highest BCUT2D eigenvalue weighted by Gasteiger charge is 2.08. The maximum Gasteiger partial charge on any atom is 0.259 e. The number of hydrazone groups is 1. The van der Waals surface area contributed by atoms with Crippen molar-refractivity contribution in [2.24, 2.45) is 11.0 Å². The molecule has 22 heavy (non-hydrogen) atoms. The summed E-state index contributed by atoms with van der Waals surface area (Å²) in [6.07, 6.45) is 1.97. The standard InChI is InChI=1S/C15H20Br3N3O/c1-9(2)4-5-10(3)20-21-14(22)8-19-15-12(17)6-11(16)7-13(15)18/h6-7,9,19H,4-5,8H2,1-3H3,(H,21,22)/b20-10+. The molecule has 0 heterocycles. The number of nitrogens with one attached hydrogen (secondary N) is 2. The fourth-order valence-corrected chi connectivity index (χ4v) is 4.17. The van der Waals surface area contributed by atoms with Gasteiger partial charge in [0, 0.05) is 19.1 Å². The van der Waals surface area contributed by atoms with E-state index in [9.17, 15) is 4.79 Å². The quantitative estimate of drug-likeness (QED) is 0.396. The van der Waals surface area contributed by atoms with Crippen LogP contribution in [0.15, 0.2) is 30.7 Å². The summed E-state index contributed by atoms with van der Waals surface area (Å²) in [7, 11) is 0. The number of rotatable bonds is 7. The Morgan fingerprint density at radius 1 is 1.23 bits per heavy atom. The smallest absolute Gasteiger partial charge is 0.259 e. The van der Waals surface area contributed by atoms with E-state index in [1.165, 1.54) is 0 Å². The van der Waals surface area contributed by atoms with Crippen LogP contribution in [0.3, 0.4) is 0 Å². The maximum absolute atomic E-state index is 11.8. The SMILES string of the molecule is C/C(CCC(C)C)=N\NC(=O)CNc1c(Br)cc(Br)cc1Br. The fourth-order valence-electron chi connectivity index (χ4n) is 1.63. The number of benzene rings is 1. The van der Waals surface area contributed by atoms with Crippen LogP contribution in [-0.2, 0) is 4.79 Å². The van der Waals surface area contributed by atoms with Crippen molar-refractivity contribution in [3.63, 3.8) is 0 Å². The second-order valence-corrected chi connectivity index (χ2v) is 8.04. The largest absolute Gasteiger partial charge is 0.374 e. The zero-order valence-corrected chi connectivity index (χ0v) is 17.6. The molecule has 1 aromatic carbocycles. The van der Waals surface area contributed by atoms with Crippen LogP contribution >= 0.6 is 47.8 Å². The number of hydrogen-bond acceptors (Lipinski definition) is 3. The minimum absolute atomic E-state index is 0.153. The van der Waals surface area contributed by atoms with Crippen molar-refractivity contribution in [2.75, 3.05) is 11.9 Å².